The Kier molecular flexibility index (Phi) is 6.31. The molecule has 1 heterocycles. The monoisotopic (exact) mass is 281 g/mol. The lowest BCUT2D eigenvalue weighted by molar-refractivity contribution is 0.0841. The fourth-order valence-corrected chi connectivity index (χ4v) is 4.31. The molecule has 1 saturated heterocycles. The molecule has 1 N–H and O–H groups in total. The summed E-state index contributed by atoms with van der Waals surface area (Å²) in [7, 11) is 6.59. The first-order valence-electron chi connectivity index (χ1n) is 8.69. The molecule has 2 fully saturated rings. The van der Waals surface area contributed by atoms with Crippen LogP contribution in [-0.2, 0) is 0 Å². The average Bonchev–Trinajstić information content (AvgIpc) is 2.66. The minimum atomic E-state index is 0.552. The molecule has 0 atom stereocenters. The van der Waals surface area contributed by atoms with Gasteiger partial charge in [0, 0.05) is 19.1 Å². The SMILES string of the molecule is CNCC1(CN2CCC(N(C)C)CC2)CCCCCC1. The second-order valence-corrected chi connectivity index (χ2v) is 7.42. The standard InChI is InChI=1S/C17H35N3/c1-18-14-17(10-6-4-5-7-11-17)15-20-12-8-16(9-13-20)19(2)3/h16,18H,4-15H2,1-3H3. The van der Waals surface area contributed by atoms with Crippen molar-refractivity contribution < 1.29 is 0 Å². The largest absolute Gasteiger partial charge is 0.319 e. The van der Waals surface area contributed by atoms with Crippen molar-refractivity contribution in [2.45, 2.75) is 57.4 Å². The zero-order chi connectivity index (χ0) is 14.4. The summed E-state index contributed by atoms with van der Waals surface area (Å²) in [6.07, 6.45) is 11.3. The van der Waals surface area contributed by atoms with Gasteiger partial charge in [-0.2, -0.15) is 0 Å². The number of nitrogens with one attached hydrogen (secondary N) is 1. The van der Waals surface area contributed by atoms with Gasteiger partial charge in [0.05, 0.1) is 0 Å². The van der Waals surface area contributed by atoms with E-state index in [1.165, 1.54) is 77.5 Å². The van der Waals surface area contributed by atoms with Crippen LogP contribution in [0.5, 0.6) is 0 Å². The van der Waals surface area contributed by atoms with Gasteiger partial charge in [0.25, 0.3) is 0 Å². The zero-order valence-corrected chi connectivity index (χ0v) is 14.0. The van der Waals surface area contributed by atoms with Crippen molar-refractivity contribution in [3.05, 3.63) is 0 Å². The van der Waals surface area contributed by atoms with Gasteiger partial charge in [-0.3, -0.25) is 0 Å². The molecule has 2 aliphatic rings. The van der Waals surface area contributed by atoms with E-state index in [4.69, 9.17) is 0 Å². The fraction of sp³-hybridized carbons (Fsp3) is 1.00. The Bertz CT molecular complexity index is 261. The van der Waals surface area contributed by atoms with E-state index in [9.17, 15) is 0 Å². The number of likely N-dealkylation sites (tertiary alicyclic amines) is 1. The Balaban J connectivity index is 1.88. The Morgan fingerprint density at radius 3 is 2.15 bits per heavy atom. The van der Waals surface area contributed by atoms with E-state index in [-0.39, 0.29) is 0 Å². The van der Waals surface area contributed by atoms with Gasteiger partial charge in [0.1, 0.15) is 0 Å². The molecule has 0 unspecified atom stereocenters. The van der Waals surface area contributed by atoms with Gasteiger partial charge in [-0.15, -0.1) is 0 Å². The number of nitrogens with zero attached hydrogens (tertiary/aromatic N) is 2. The van der Waals surface area contributed by atoms with E-state index in [2.05, 4.69) is 36.3 Å². The van der Waals surface area contributed by atoms with Crippen LogP contribution in [0.25, 0.3) is 0 Å². The van der Waals surface area contributed by atoms with Crippen molar-refractivity contribution in [2.75, 3.05) is 47.3 Å². The maximum Gasteiger partial charge on any atom is 0.0113 e. The van der Waals surface area contributed by atoms with E-state index in [1.54, 1.807) is 0 Å². The summed E-state index contributed by atoms with van der Waals surface area (Å²) in [5.74, 6) is 0. The molecule has 1 aliphatic heterocycles. The molecule has 2 rings (SSSR count). The maximum atomic E-state index is 3.49. The Hall–Kier alpha value is -0.120. The van der Waals surface area contributed by atoms with Crippen LogP contribution in [0.3, 0.4) is 0 Å². The molecule has 118 valence electrons. The highest BCUT2D eigenvalue weighted by atomic mass is 15.2. The molecule has 20 heavy (non-hydrogen) atoms. The summed E-state index contributed by atoms with van der Waals surface area (Å²) >= 11 is 0. The summed E-state index contributed by atoms with van der Waals surface area (Å²) < 4.78 is 0. The molecule has 0 spiro atoms. The molecule has 3 heteroatoms. The quantitative estimate of drug-likeness (QED) is 0.782. The molecule has 1 saturated carbocycles. The van der Waals surface area contributed by atoms with Crippen LogP contribution < -0.4 is 5.32 Å². The predicted molar refractivity (Wildman–Crippen MR) is 87.2 cm³/mol. The number of piperidine rings is 1. The number of hydrogen-bond donors (Lipinski definition) is 1. The summed E-state index contributed by atoms with van der Waals surface area (Å²) in [4.78, 5) is 5.16. The summed E-state index contributed by atoms with van der Waals surface area (Å²) in [6.45, 7) is 5.14. The van der Waals surface area contributed by atoms with Crippen LogP contribution in [0.4, 0.5) is 0 Å². The molecule has 0 amide bonds. The van der Waals surface area contributed by atoms with Crippen LogP contribution in [-0.4, -0.2) is 63.2 Å². The third-order valence-electron chi connectivity index (χ3n) is 5.56. The molecular formula is C17H35N3. The minimum absolute atomic E-state index is 0.552. The molecule has 0 bridgehead atoms. The normalized spacial score (nSPS) is 25.8. The van der Waals surface area contributed by atoms with Gasteiger partial charge in [0.15, 0.2) is 0 Å². The van der Waals surface area contributed by atoms with Gasteiger partial charge in [-0.05, 0) is 65.3 Å². The van der Waals surface area contributed by atoms with E-state index < -0.39 is 0 Å². The van der Waals surface area contributed by atoms with Crippen LogP contribution in [0.1, 0.15) is 51.4 Å². The molecule has 0 aromatic carbocycles. The van der Waals surface area contributed by atoms with Gasteiger partial charge in [0.2, 0.25) is 0 Å². The average molecular weight is 281 g/mol. The van der Waals surface area contributed by atoms with Crippen molar-refractivity contribution in [1.29, 1.82) is 0 Å². The second-order valence-electron chi connectivity index (χ2n) is 7.42. The van der Waals surface area contributed by atoms with Crippen molar-refractivity contribution in [3.63, 3.8) is 0 Å². The van der Waals surface area contributed by atoms with E-state index in [0.717, 1.165) is 6.04 Å². The summed E-state index contributed by atoms with van der Waals surface area (Å²) in [5, 5.41) is 3.49. The Labute approximate surface area is 126 Å². The van der Waals surface area contributed by atoms with Crippen molar-refractivity contribution in [3.8, 4) is 0 Å². The highest BCUT2D eigenvalue weighted by Gasteiger charge is 2.33. The van der Waals surface area contributed by atoms with Gasteiger partial charge in [-0.25, -0.2) is 0 Å². The Morgan fingerprint density at radius 1 is 1.05 bits per heavy atom. The van der Waals surface area contributed by atoms with Crippen LogP contribution >= 0.6 is 0 Å². The number of rotatable bonds is 5. The maximum absolute atomic E-state index is 3.49. The highest BCUT2D eigenvalue weighted by Crippen LogP contribution is 2.36. The fourth-order valence-electron chi connectivity index (χ4n) is 4.31. The third-order valence-corrected chi connectivity index (χ3v) is 5.56. The van der Waals surface area contributed by atoms with Crippen molar-refractivity contribution in [2.24, 2.45) is 5.41 Å². The molecule has 0 aromatic rings. The first-order chi connectivity index (χ1) is 9.65. The first-order valence-corrected chi connectivity index (χ1v) is 8.69. The van der Waals surface area contributed by atoms with Gasteiger partial charge in [-0.1, -0.05) is 25.7 Å². The lowest BCUT2D eigenvalue weighted by atomic mass is 9.79. The molecular weight excluding hydrogens is 246 g/mol. The lowest BCUT2D eigenvalue weighted by Crippen LogP contribution is -2.48. The predicted octanol–water partition coefficient (Wildman–Crippen LogP) is 2.57. The zero-order valence-electron chi connectivity index (χ0n) is 14.0. The summed E-state index contributed by atoms with van der Waals surface area (Å²) in [6, 6.07) is 0.806. The third kappa shape index (κ3) is 4.44. The second kappa shape index (κ2) is 7.77. The molecule has 3 nitrogen and oxygen atoms in total. The van der Waals surface area contributed by atoms with E-state index >= 15 is 0 Å². The van der Waals surface area contributed by atoms with Crippen LogP contribution in [0, 0.1) is 5.41 Å². The minimum Gasteiger partial charge on any atom is -0.319 e. The van der Waals surface area contributed by atoms with E-state index in [0.29, 0.717) is 5.41 Å². The molecule has 0 radical (unpaired) electrons. The van der Waals surface area contributed by atoms with Gasteiger partial charge >= 0.3 is 0 Å². The van der Waals surface area contributed by atoms with Crippen molar-refractivity contribution in [1.82, 2.24) is 15.1 Å². The molecule has 1 aliphatic carbocycles. The molecule has 0 aromatic heterocycles. The smallest absolute Gasteiger partial charge is 0.0113 e. The first kappa shape index (κ1) is 16.3. The summed E-state index contributed by atoms with van der Waals surface area (Å²) in [5.41, 5.74) is 0.552. The van der Waals surface area contributed by atoms with Crippen LogP contribution in [0.15, 0.2) is 0 Å². The van der Waals surface area contributed by atoms with Crippen LogP contribution in [0.2, 0.25) is 0 Å². The van der Waals surface area contributed by atoms with E-state index in [1.807, 2.05) is 0 Å². The lowest BCUT2D eigenvalue weighted by Gasteiger charge is -2.42. The highest BCUT2D eigenvalue weighted by molar-refractivity contribution is 4.88. The Morgan fingerprint density at radius 2 is 1.65 bits per heavy atom. The van der Waals surface area contributed by atoms with Crippen molar-refractivity contribution >= 4 is 0 Å². The van der Waals surface area contributed by atoms with Gasteiger partial charge < -0.3 is 15.1 Å². The number of hydrogen-bond acceptors (Lipinski definition) is 3. The topological polar surface area (TPSA) is 18.5 Å².